The summed E-state index contributed by atoms with van der Waals surface area (Å²) in [6, 6.07) is 3.13. The molecule has 0 bridgehead atoms. The number of hydrogen-bond acceptors (Lipinski definition) is 4. The fourth-order valence-electron chi connectivity index (χ4n) is 1.88. The second-order valence-corrected chi connectivity index (χ2v) is 6.44. The molecule has 0 fully saturated rings. The Labute approximate surface area is 105 Å². The van der Waals surface area contributed by atoms with Crippen molar-refractivity contribution in [1.29, 1.82) is 0 Å². The van der Waals surface area contributed by atoms with Crippen molar-refractivity contribution >= 4 is 19.7 Å². The highest BCUT2D eigenvalue weighted by atomic mass is 35.7. The highest BCUT2D eigenvalue weighted by Gasteiger charge is 2.26. The molecular formula is C11H13ClO4S. The van der Waals surface area contributed by atoms with Gasteiger partial charge in [-0.2, -0.15) is 0 Å². The van der Waals surface area contributed by atoms with Crippen LogP contribution in [0.5, 0.6) is 11.5 Å². The van der Waals surface area contributed by atoms with Crippen LogP contribution in [0.2, 0.25) is 0 Å². The summed E-state index contributed by atoms with van der Waals surface area (Å²) >= 11 is 0. The molecule has 0 amide bonds. The molecule has 0 aliphatic carbocycles. The van der Waals surface area contributed by atoms with Crippen LogP contribution in [0, 0.1) is 0 Å². The summed E-state index contributed by atoms with van der Waals surface area (Å²) in [5.74, 6) is 0.860. The second-order valence-electron chi connectivity index (χ2n) is 3.91. The first kappa shape index (κ1) is 12.5. The van der Waals surface area contributed by atoms with Gasteiger partial charge in [0.1, 0.15) is 22.5 Å². The van der Waals surface area contributed by atoms with E-state index < -0.39 is 9.05 Å². The van der Waals surface area contributed by atoms with Crippen LogP contribution in [0.1, 0.15) is 19.4 Å². The molecule has 94 valence electrons. The lowest BCUT2D eigenvalue weighted by molar-refractivity contribution is 0.254. The topological polar surface area (TPSA) is 52.6 Å². The minimum Gasteiger partial charge on any atom is -0.492 e. The van der Waals surface area contributed by atoms with Gasteiger partial charge in [-0.15, -0.1) is 0 Å². The average molecular weight is 277 g/mol. The third-order valence-electron chi connectivity index (χ3n) is 2.52. The minimum atomic E-state index is -3.83. The van der Waals surface area contributed by atoms with Crippen molar-refractivity contribution in [3.05, 3.63) is 17.7 Å². The van der Waals surface area contributed by atoms with E-state index in [0.29, 0.717) is 18.1 Å². The van der Waals surface area contributed by atoms with Crippen LogP contribution < -0.4 is 9.47 Å². The first-order valence-electron chi connectivity index (χ1n) is 5.33. The fourth-order valence-corrected chi connectivity index (χ4v) is 2.85. The van der Waals surface area contributed by atoms with E-state index in [9.17, 15) is 8.42 Å². The molecule has 6 heteroatoms. The third-order valence-corrected chi connectivity index (χ3v) is 3.87. The van der Waals surface area contributed by atoms with Crippen LogP contribution in [-0.4, -0.2) is 21.1 Å². The lowest BCUT2D eigenvalue weighted by atomic mass is 10.1. The summed E-state index contributed by atoms with van der Waals surface area (Å²) < 4.78 is 33.7. The molecule has 4 nitrogen and oxygen atoms in total. The first-order valence-corrected chi connectivity index (χ1v) is 7.63. The van der Waals surface area contributed by atoms with E-state index in [0.717, 1.165) is 12.0 Å². The Morgan fingerprint density at radius 3 is 2.82 bits per heavy atom. The monoisotopic (exact) mass is 276 g/mol. The predicted octanol–water partition coefficient (Wildman–Crippen LogP) is 2.34. The molecule has 0 radical (unpaired) electrons. The minimum absolute atomic E-state index is 0.0335. The van der Waals surface area contributed by atoms with Crippen LogP contribution in [0.25, 0.3) is 0 Å². The predicted molar refractivity (Wildman–Crippen MR) is 64.4 cm³/mol. The first-order chi connectivity index (χ1) is 7.91. The highest BCUT2D eigenvalue weighted by Crippen LogP contribution is 2.38. The summed E-state index contributed by atoms with van der Waals surface area (Å²) in [5.41, 5.74) is 0.949. The van der Waals surface area contributed by atoms with E-state index in [1.807, 2.05) is 6.92 Å². The lowest BCUT2D eigenvalue weighted by Gasteiger charge is -2.10. The SMILES string of the molecule is CCOc1cc2c(cc1S(=O)(=O)Cl)OC(C)C2. The molecule has 1 unspecified atom stereocenters. The molecule has 0 N–H and O–H groups in total. The van der Waals surface area contributed by atoms with E-state index in [-0.39, 0.29) is 11.0 Å². The van der Waals surface area contributed by atoms with Crippen molar-refractivity contribution in [3.8, 4) is 11.5 Å². The van der Waals surface area contributed by atoms with Gasteiger partial charge in [-0.3, -0.25) is 0 Å². The van der Waals surface area contributed by atoms with E-state index in [1.165, 1.54) is 6.07 Å². The molecule has 1 atom stereocenters. The van der Waals surface area contributed by atoms with Crippen molar-refractivity contribution < 1.29 is 17.9 Å². The molecule has 1 aromatic carbocycles. The van der Waals surface area contributed by atoms with Crippen LogP contribution >= 0.6 is 10.7 Å². The van der Waals surface area contributed by atoms with Crippen molar-refractivity contribution in [1.82, 2.24) is 0 Å². The zero-order valence-electron chi connectivity index (χ0n) is 9.57. The fraction of sp³-hybridized carbons (Fsp3) is 0.455. The number of hydrogen-bond donors (Lipinski definition) is 0. The molecule has 17 heavy (non-hydrogen) atoms. The smallest absolute Gasteiger partial charge is 0.265 e. The molecule has 1 heterocycles. The maximum atomic E-state index is 11.4. The normalized spacial score (nSPS) is 18.6. The maximum Gasteiger partial charge on any atom is 0.265 e. The molecule has 0 spiro atoms. The lowest BCUT2D eigenvalue weighted by Crippen LogP contribution is -2.05. The number of ether oxygens (including phenoxy) is 2. The standard InChI is InChI=1S/C11H13ClO4S/c1-3-15-10-5-8-4-7(2)16-9(8)6-11(10)17(12,13)14/h5-7H,3-4H2,1-2H3. The van der Waals surface area contributed by atoms with E-state index in [4.69, 9.17) is 20.2 Å². The zero-order chi connectivity index (χ0) is 12.6. The average Bonchev–Trinajstić information content (AvgIpc) is 2.55. The maximum absolute atomic E-state index is 11.4. The van der Waals surface area contributed by atoms with Gasteiger partial charge in [-0.05, 0) is 19.9 Å². The number of rotatable bonds is 3. The Bertz CT molecular complexity index is 539. The summed E-state index contributed by atoms with van der Waals surface area (Å²) in [6.07, 6.45) is 0.797. The van der Waals surface area contributed by atoms with Gasteiger partial charge in [-0.25, -0.2) is 8.42 Å². The Morgan fingerprint density at radius 2 is 2.24 bits per heavy atom. The Hall–Kier alpha value is -0.940. The van der Waals surface area contributed by atoms with Crippen molar-refractivity contribution in [2.75, 3.05) is 6.61 Å². The van der Waals surface area contributed by atoms with Gasteiger partial charge in [0.25, 0.3) is 9.05 Å². The molecule has 1 aromatic rings. The van der Waals surface area contributed by atoms with Gasteiger partial charge in [0.15, 0.2) is 0 Å². The molecule has 0 saturated heterocycles. The van der Waals surface area contributed by atoms with Crippen LogP contribution in [0.3, 0.4) is 0 Å². The molecule has 1 aliphatic rings. The van der Waals surface area contributed by atoms with Gasteiger partial charge in [0.05, 0.1) is 6.61 Å². The molecule has 1 aliphatic heterocycles. The third kappa shape index (κ3) is 2.50. The van der Waals surface area contributed by atoms with Gasteiger partial charge in [0.2, 0.25) is 0 Å². The Morgan fingerprint density at radius 1 is 1.53 bits per heavy atom. The number of fused-ring (bicyclic) bond motifs is 1. The van der Waals surface area contributed by atoms with E-state index in [1.54, 1.807) is 13.0 Å². The van der Waals surface area contributed by atoms with Crippen LogP contribution in [-0.2, 0) is 15.5 Å². The Balaban J connectivity index is 2.55. The summed E-state index contributed by atoms with van der Waals surface area (Å²) in [4.78, 5) is -0.0335. The zero-order valence-corrected chi connectivity index (χ0v) is 11.1. The Kier molecular flexibility index (Phi) is 3.23. The summed E-state index contributed by atoms with van der Waals surface area (Å²) in [6.45, 7) is 4.10. The molecule has 2 rings (SSSR count). The summed E-state index contributed by atoms with van der Waals surface area (Å²) in [7, 11) is 1.55. The van der Waals surface area contributed by atoms with Crippen LogP contribution in [0.4, 0.5) is 0 Å². The van der Waals surface area contributed by atoms with Gasteiger partial charge < -0.3 is 9.47 Å². The highest BCUT2D eigenvalue weighted by molar-refractivity contribution is 8.13. The molecule has 0 saturated carbocycles. The molecule has 0 aromatic heterocycles. The van der Waals surface area contributed by atoms with Crippen molar-refractivity contribution in [2.24, 2.45) is 0 Å². The summed E-state index contributed by atoms with van der Waals surface area (Å²) in [5, 5.41) is 0. The van der Waals surface area contributed by atoms with Crippen LogP contribution in [0.15, 0.2) is 17.0 Å². The van der Waals surface area contributed by atoms with Gasteiger partial charge >= 0.3 is 0 Å². The number of halogens is 1. The van der Waals surface area contributed by atoms with Crippen molar-refractivity contribution in [2.45, 2.75) is 31.3 Å². The van der Waals surface area contributed by atoms with E-state index >= 15 is 0 Å². The quantitative estimate of drug-likeness (QED) is 0.795. The van der Waals surface area contributed by atoms with Gasteiger partial charge in [0, 0.05) is 28.7 Å². The van der Waals surface area contributed by atoms with Crippen molar-refractivity contribution in [3.63, 3.8) is 0 Å². The molecular weight excluding hydrogens is 264 g/mol. The van der Waals surface area contributed by atoms with E-state index in [2.05, 4.69) is 0 Å². The van der Waals surface area contributed by atoms with Gasteiger partial charge in [-0.1, -0.05) is 0 Å². The largest absolute Gasteiger partial charge is 0.492 e. The second kappa shape index (κ2) is 4.38. The number of benzene rings is 1.